The molecule has 120 valence electrons. The van der Waals surface area contributed by atoms with Crippen LogP contribution >= 0.6 is 22.7 Å². The van der Waals surface area contributed by atoms with Gasteiger partial charge in [-0.3, -0.25) is 4.79 Å². The highest BCUT2D eigenvalue weighted by Crippen LogP contribution is 2.33. The molecule has 3 aromatic rings. The zero-order valence-electron chi connectivity index (χ0n) is 13.2. The van der Waals surface area contributed by atoms with Gasteiger partial charge in [0.2, 0.25) is 5.88 Å². The first kappa shape index (κ1) is 15.9. The summed E-state index contributed by atoms with van der Waals surface area (Å²) in [6.07, 6.45) is 1.48. The van der Waals surface area contributed by atoms with E-state index < -0.39 is 0 Å². The highest BCUT2D eigenvalue weighted by molar-refractivity contribution is 7.18. The summed E-state index contributed by atoms with van der Waals surface area (Å²) in [5.74, 6) is 0.407. The summed E-state index contributed by atoms with van der Waals surface area (Å²) in [6.45, 7) is 4.64. The molecule has 0 bridgehead atoms. The van der Waals surface area contributed by atoms with Crippen molar-refractivity contribution in [1.29, 1.82) is 0 Å². The summed E-state index contributed by atoms with van der Waals surface area (Å²) < 4.78 is 5.68. The summed E-state index contributed by atoms with van der Waals surface area (Å²) in [7, 11) is 1.78. The number of amides is 1. The number of aryl methyl sites for hydroxylation is 2. The molecule has 0 fully saturated rings. The van der Waals surface area contributed by atoms with Crippen LogP contribution in [0.2, 0.25) is 0 Å². The number of hydrogen-bond donors (Lipinski definition) is 0. The fourth-order valence-corrected chi connectivity index (χ4v) is 3.97. The number of carbonyl (C=O) groups is 1. The summed E-state index contributed by atoms with van der Waals surface area (Å²) in [4.78, 5) is 25.6. The van der Waals surface area contributed by atoms with Crippen molar-refractivity contribution in [2.75, 3.05) is 13.7 Å². The molecule has 0 aliphatic rings. The lowest BCUT2D eigenvalue weighted by Gasteiger charge is -2.16. The van der Waals surface area contributed by atoms with Crippen LogP contribution in [0.5, 0.6) is 5.88 Å². The van der Waals surface area contributed by atoms with Crippen molar-refractivity contribution >= 4 is 38.8 Å². The topological polar surface area (TPSA) is 55.3 Å². The molecule has 0 saturated carbocycles. The van der Waals surface area contributed by atoms with Crippen LogP contribution in [0.4, 0.5) is 0 Å². The van der Waals surface area contributed by atoms with Gasteiger partial charge in [-0.15, -0.1) is 22.7 Å². The second-order valence-electron chi connectivity index (χ2n) is 5.26. The fraction of sp³-hybridized carbons (Fsp3) is 0.312. The van der Waals surface area contributed by atoms with Gasteiger partial charge in [-0.05, 0) is 30.9 Å². The minimum atomic E-state index is -0.0743. The highest BCUT2D eigenvalue weighted by Gasteiger charge is 2.16. The van der Waals surface area contributed by atoms with E-state index in [-0.39, 0.29) is 12.5 Å². The van der Waals surface area contributed by atoms with Gasteiger partial charge in [-0.1, -0.05) is 6.07 Å². The third-order valence-electron chi connectivity index (χ3n) is 3.66. The molecular weight excluding hydrogens is 330 g/mol. The SMILES string of the molecule is Cc1sc2ncnc(OCC(=O)N(C)Cc3cccs3)c2c1C. The number of ether oxygens (including phenoxy) is 1. The molecule has 23 heavy (non-hydrogen) atoms. The molecule has 3 rings (SSSR count). The number of carbonyl (C=O) groups excluding carboxylic acids is 1. The van der Waals surface area contributed by atoms with Crippen molar-refractivity contribution in [1.82, 2.24) is 14.9 Å². The Morgan fingerprint density at radius 1 is 1.35 bits per heavy atom. The van der Waals surface area contributed by atoms with Crippen molar-refractivity contribution in [3.05, 3.63) is 39.2 Å². The lowest BCUT2D eigenvalue weighted by atomic mass is 10.2. The van der Waals surface area contributed by atoms with E-state index in [2.05, 4.69) is 9.97 Å². The third-order valence-corrected chi connectivity index (χ3v) is 5.64. The summed E-state index contributed by atoms with van der Waals surface area (Å²) >= 11 is 3.25. The molecular formula is C16H17N3O2S2. The largest absolute Gasteiger partial charge is 0.467 e. The van der Waals surface area contributed by atoms with Crippen LogP contribution in [0.1, 0.15) is 15.3 Å². The van der Waals surface area contributed by atoms with Crippen molar-refractivity contribution in [3.8, 4) is 5.88 Å². The van der Waals surface area contributed by atoms with Crippen molar-refractivity contribution in [2.45, 2.75) is 20.4 Å². The molecule has 5 nitrogen and oxygen atoms in total. The third kappa shape index (κ3) is 3.35. The Kier molecular flexibility index (Phi) is 4.58. The van der Waals surface area contributed by atoms with Crippen molar-refractivity contribution < 1.29 is 9.53 Å². The average molecular weight is 347 g/mol. The number of hydrogen-bond acceptors (Lipinski definition) is 6. The van der Waals surface area contributed by atoms with Crippen LogP contribution < -0.4 is 4.74 Å². The van der Waals surface area contributed by atoms with E-state index >= 15 is 0 Å². The highest BCUT2D eigenvalue weighted by atomic mass is 32.1. The minimum absolute atomic E-state index is 0.0255. The summed E-state index contributed by atoms with van der Waals surface area (Å²) in [5.41, 5.74) is 1.11. The maximum atomic E-state index is 12.2. The Morgan fingerprint density at radius 3 is 2.91 bits per heavy atom. The molecule has 7 heteroatoms. The molecule has 0 N–H and O–H groups in total. The monoisotopic (exact) mass is 347 g/mol. The molecule has 3 heterocycles. The standard InChI is InChI=1S/C16H17N3O2S2/c1-10-11(2)23-16-14(10)15(17-9-18-16)21-8-13(20)19(3)7-12-5-4-6-22-12/h4-6,9H,7-8H2,1-3H3. The van der Waals surface area contributed by atoms with Gasteiger partial charge < -0.3 is 9.64 Å². The Bertz CT molecular complexity index is 827. The number of rotatable bonds is 5. The van der Waals surface area contributed by atoms with Crippen LogP contribution in [0.25, 0.3) is 10.2 Å². The lowest BCUT2D eigenvalue weighted by molar-refractivity contribution is -0.132. The lowest BCUT2D eigenvalue weighted by Crippen LogP contribution is -2.30. The van der Waals surface area contributed by atoms with Crippen LogP contribution in [-0.4, -0.2) is 34.4 Å². The number of fused-ring (bicyclic) bond motifs is 1. The van der Waals surface area contributed by atoms with E-state index in [1.807, 2.05) is 31.4 Å². The molecule has 0 aromatic carbocycles. The number of thiophene rings is 2. The summed E-state index contributed by atoms with van der Waals surface area (Å²) in [5, 5.41) is 2.91. The molecule has 0 aliphatic carbocycles. The maximum Gasteiger partial charge on any atom is 0.260 e. The van der Waals surface area contributed by atoms with Gasteiger partial charge in [-0.25, -0.2) is 9.97 Å². The van der Waals surface area contributed by atoms with E-state index in [1.165, 1.54) is 11.2 Å². The molecule has 0 unspecified atom stereocenters. The van der Waals surface area contributed by atoms with E-state index in [0.29, 0.717) is 12.4 Å². The molecule has 0 atom stereocenters. The van der Waals surface area contributed by atoms with Crippen molar-refractivity contribution in [2.24, 2.45) is 0 Å². The van der Waals surface area contributed by atoms with Crippen LogP contribution in [0.15, 0.2) is 23.8 Å². The van der Waals surface area contributed by atoms with Gasteiger partial charge in [0, 0.05) is 16.8 Å². The number of aromatic nitrogens is 2. The number of nitrogens with zero attached hydrogens (tertiary/aromatic N) is 3. The zero-order chi connectivity index (χ0) is 16.4. The fourth-order valence-electron chi connectivity index (χ4n) is 2.22. The van der Waals surface area contributed by atoms with Gasteiger partial charge in [0.15, 0.2) is 6.61 Å². The second-order valence-corrected chi connectivity index (χ2v) is 7.50. The van der Waals surface area contributed by atoms with E-state index in [0.717, 1.165) is 20.7 Å². The predicted molar refractivity (Wildman–Crippen MR) is 93.2 cm³/mol. The van der Waals surface area contributed by atoms with Gasteiger partial charge in [-0.2, -0.15) is 0 Å². The first-order valence-electron chi connectivity index (χ1n) is 7.16. The Morgan fingerprint density at radius 2 is 2.17 bits per heavy atom. The van der Waals surface area contributed by atoms with Crippen LogP contribution in [0, 0.1) is 13.8 Å². The smallest absolute Gasteiger partial charge is 0.260 e. The average Bonchev–Trinajstić information content (AvgIpc) is 3.14. The normalized spacial score (nSPS) is 10.9. The Labute approximate surface area is 142 Å². The second kappa shape index (κ2) is 6.64. The molecule has 3 aromatic heterocycles. The van der Waals surface area contributed by atoms with Crippen LogP contribution in [-0.2, 0) is 11.3 Å². The molecule has 0 spiro atoms. The Balaban J connectivity index is 1.69. The van der Waals surface area contributed by atoms with Gasteiger partial charge in [0.1, 0.15) is 11.2 Å². The Hall–Kier alpha value is -1.99. The first-order valence-corrected chi connectivity index (χ1v) is 8.85. The van der Waals surface area contributed by atoms with Crippen molar-refractivity contribution in [3.63, 3.8) is 0 Å². The predicted octanol–water partition coefficient (Wildman–Crippen LogP) is 3.41. The van der Waals surface area contributed by atoms with Gasteiger partial charge >= 0.3 is 0 Å². The van der Waals surface area contributed by atoms with Gasteiger partial charge in [0.25, 0.3) is 5.91 Å². The van der Waals surface area contributed by atoms with Crippen LogP contribution in [0.3, 0.4) is 0 Å². The number of likely N-dealkylation sites (N-methyl/N-ethyl adjacent to an activating group) is 1. The minimum Gasteiger partial charge on any atom is -0.467 e. The van der Waals surface area contributed by atoms with E-state index in [1.54, 1.807) is 34.6 Å². The van der Waals surface area contributed by atoms with E-state index in [9.17, 15) is 4.79 Å². The van der Waals surface area contributed by atoms with Gasteiger partial charge in [0.05, 0.1) is 11.9 Å². The molecule has 1 amide bonds. The first-order chi connectivity index (χ1) is 11.1. The maximum absolute atomic E-state index is 12.2. The molecule has 0 radical (unpaired) electrons. The summed E-state index contributed by atoms with van der Waals surface area (Å²) in [6, 6.07) is 3.99. The van der Waals surface area contributed by atoms with E-state index in [4.69, 9.17) is 4.74 Å². The quantitative estimate of drug-likeness (QED) is 0.710. The zero-order valence-corrected chi connectivity index (χ0v) is 14.8. The molecule has 0 aliphatic heterocycles. The molecule has 0 saturated heterocycles.